The summed E-state index contributed by atoms with van der Waals surface area (Å²) in [6.07, 6.45) is 0. The van der Waals surface area contributed by atoms with Crippen molar-refractivity contribution in [3.05, 3.63) is 53.6 Å². The molecule has 0 spiro atoms. The first-order valence-corrected chi connectivity index (χ1v) is 10.1. The van der Waals surface area contributed by atoms with Gasteiger partial charge in [0.15, 0.2) is 0 Å². The van der Waals surface area contributed by atoms with Gasteiger partial charge in [-0.15, -0.1) is 11.3 Å². The molecular weight excluding hydrogens is 375 g/mol. The Morgan fingerprint density at radius 1 is 0.963 bits per heavy atom. The average Bonchev–Trinajstić information content (AvgIpc) is 2.93. The third-order valence-electron chi connectivity index (χ3n) is 5.39. The molecule has 4 rings (SSSR count). The van der Waals surface area contributed by atoms with Gasteiger partial charge in [0.25, 0.3) is 0 Å². The second-order valence-corrected chi connectivity index (χ2v) is 9.49. The molecule has 0 atom stereocenters. The summed E-state index contributed by atoms with van der Waals surface area (Å²) in [6.45, 7) is 7.26. The topological polar surface area (TPSA) is 29.5 Å². The number of rotatable bonds is 4. The van der Waals surface area contributed by atoms with E-state index in [-0.39, 0.29) is 0 Å². The van der Waals surface area contributed by atoms with E-state index >= 15 is 0 Å². The van der Waals surface area contributed by atoms with Crippen LogP contribution >= 0.6 is 22.9 Å². The van der Waals surface area contributed by atoms with Crippen LogP contribution in [0.25, 0.3) is 30.9 Å². The lowest BCUT2D eigenvalue weighted by Gasteiger charge is -2.37. The van der Waals surface area contributed by atoms with Gasteiger partial charge >= 0.3 is 7.48 Å². The third kappa shape index (κ3) is 3.36. The van der Waals surface area contributed by atoms with Crippen LogP contribution in [0, 0.1) is 0 Å². The second kappa shape index (κ2) is 6.49. The minimum atomic E-state index is -0.978. The molecule has 1 N–H and O–H groups in total. The average molecular weight is 396 g/mol. The van der Waals surface area contributed by atoms with E-state index in [2.05, 4.69) is 36.4 Å². The summed E-state index contributed by atoms with van der Waals surface area (Å²) in [5, 5.41) is 15.8. The van der Waals surface area contributed by atoms with Crippen LogP contribution in [-0.4, -0.2) is 23.8 Å². The zero-order valence-corrected chi connectivity index (χ0v) is 17.4. The molecule has 0 fully saturated rings. The number of fused-ring (bicyclic) bond motifs is 4. The maximum atomic E-state index is 10.4. The van der Waals surface area contributed by atoms with Crippen LogP contribution in [0.2, 0.25) is 5.02 Å². The summed E-state index contributed by atoms with van der Waals surface area (Å²) in [6, 6.07) is 16.8. The van der Waals surface area contributed by atoms with Gasteiger partial charge in [-0.1, -0.05) is 35.9 Å². The van der Waals surface area contributed by atoms with Gasteiger partial charge in [-0.2, -0.15) is 0 Å². The molecular formula is C22H21BClO2S. The molecule has 0 saturated carbocycles. The first kappa shape index (κ1) is 18.8. The van der Waals surface area contributed by atoms with Crippen molar-refractivity contribution >= 4 is 66.8 Å². The number of halogens is 1. The molecule has 137 valence electrons. The Labute approximate surface area is 169 Å². The zero-order valence-electron chi connectivity index (χ0n) is 15.8. The standard InChI is InChI=1S/C22H21BClO2S/c1-21(2,25)22(3,4)26-23-17-11-15(24)12-19-20(17)16-9-13-7-5-6-8-14(13)10-18(16)27-19/h5-12,25H,1-4H3. The molecule has 1 aromatic heterocycles. The molecule has 4 aromatic rings. The monoisotopic (exact) mass is 395 g/mol. The Bertz CT molecular complexity index is 1160. The van der Waals surface area contributed by atoms with Gasteiger partial charge in [-0.25, -0.2) is 0 Å². The first-order valence-electron chi connectivity index (χ1n) is 8.94. The van der Waals surface area contributed by atoms with E-state index in [9.17, 15) is 5.11 Å². The largest absolute Gasteiger partial charge is 0.427 e. The Kier molecular flexibility index (Phi) is 4.51. The summed E-state index contributed by atoms with van der Waals surface area (Å²) in [5.41, 5.74) is -0.787. The SMILES string of the molecule is CC(C)(O)C(C)(C)O[B]c1cc(Cl)cc2sc3cc4ccccc4cc3c12. The van der Waals surface area contributed by atoms with Gasteiger partial charge in [0.05, 0.1) is 11.2 Å². The Morgan fingerprint density at radius 3 is 2.30 bits per heavy atom. The van der Waals surface area contributed by atoms with Crippen LogP contribution in [0.3, 0.4) is 0 Å². The number of thiophene rings is 1. The number of hydrogen-bond acceptors (Lipinski definition) is 3. The number of hydrogen-bond donors (Lipinski definition) is 1. The van der Waals surface area contributed by atoms with Gasteiger partial charge in [-0.3, -0.25) is 0 Å². The Balaban J connectivity index is 1.88. The summed E-state index contributed by atoms with van der Waals surface area (Å²) >= 11 is 8.11. The maximum absolute atomic E-state index is 10.4. The van der Waals surface area contributed by atoms with E-state index in [1.54, 1.807) is 32.7 Å². The number of aliphatic hydroxyl groups is 1. The van der Waals surface area contributed by atoms with Crippen LogP contribution in [0.4, 0.5) is 0 Å². The van der Waals surface area contributed by atoms with E-state index in [4.69, 9.17) is 16.3 Å². The smallest absolute Gasteiger partial charge is 0.331 e. The van der Waals surface area contributed by atoms with Crippen LogP contribution < -0.4 is 5.46 Å². The highest BCUT2D eigenvalue weighted by Crippen LogP contribution is 2.37. The van der Waals surface area contributed by atoms with Crippen molar-refractivity contribution in [1.29, 1.82) is 0 Å². The van der Waals surface area contributed by atoms with Crippen molar-refractivity contribution in [3.63, 3.8) is 0 Å². The molecule has 0 saturated heterocycles. The van der Waals surface area contributed by atoms with E-state index in [0.717, 1.165) is 15.5 Å². The van der Waals surface area contributed by atoms with Crippen molar-refractivity contribution in [2.24, 2.45) is 0 Å². The van der Waals surface area contributed by atoms with E-state index in [0.29, 0.717) is 5.02 Å². The fraction of sp³-hybridized carbons (Fsp3) is 0.273. The molecule has 0 aliphatic heterocycles. The minimum absolute atomic E-state index is 0.675. The third-order valence-corrected chi connectivity index (χ3v) is 6.71. The van der Waals surface area contributed by atoms with Crippen LogP contribution in [0.5, 0.6) is 0 Å². The van der Waals surface area contributed by atoms with Crippen molar-refractivity contribution in [1.82, 2.24) is 0 Å². The fourth-order valence-corrected chi connectivity index (χ4v) is 4.54. The van der Waals surface area contributed by atoms with E-state index < -0.39 is 11.2 Å². The molecule has 3 aromatic carbocycles. The molecule has 0 aliphatic carbocycles. The van der Waals surface area contributed by atoms with Crippen LogP contribution in [0.1, 0.15) is 27.7 Å². The van der Waals surface area contributed by atoms with Gasteiger partial charge < -0.3 is 9.76 Å². The predicted octanol–water partition coefficient (Wildman–Crippen LogP) is 5.67. The van der Waals surface area contributed by atoms with Crippen molar-refractivity contribution in [2.45, 2.75) is 38.9 Å². The zero-order chi connectivity index (χ0) is 19.4. The number of benzene rings is 3. The lowest BCUT2D eigenvalue weighted by molar-refractivity contribution is -0.0893. The second-order valence-electron chi connectivity index (χ2n) is 7.97. The Hall–Kier alpha value is -1.59. The normalized spacial score (nSPS) is 13.0. The Morgan fingerprint density at radius 2 is 1.63 bits per heavy atom. The van der Waals surface area contributed by atoms with E-state index in [1.165, 1.54) is 20.9 Å². The summed E-state index contributed by atoms with van der Waals surface area (Å²) in [4.78, 5) is 0. The molecule has 5 heteroatoms. The van der Waals surface area contributed by atoms with Crippen LogP contribution in [0.15, 0.2) is 48.5 Å². The highest BCUT2D eigenvalue weighted by molar-refractivity contribution is 7.26. The molecule has 1 radical (unpaired) electrons. The molecule has 0 amide bonds. The predicted molar refractivity (Wildman–Crippen MR) is 119 cm³/mol. The van der Waals surface area contributed by atoms with E-state index in [1.807, 2.05) is 26.0 Å². The van der Waals surface area contributed by atoms with Crippen molar-refractivity contribution in [2.75, 3.05) is 0 Å². The highest BCUT2D eigenvalue weighted by Gasteiger charge is 2.36. The summed E-state index contributed by atoms with van der Waals surface area (Å²) in [5.74, 6) is 0. The molecule has 0 aliphatic rings. The van der Waals surface area contributed by atoms with Crippen LogP contribution in [-0.2, 0) is 4.65 Å². The van der Waals surface area contributed by atoms with Gasteiger partial charge in [0, 0.05) is 19.8 Å². The van der Waals surface area contributed by atoms with Gasteiger partial charge in [0.1, 0.15) is 0 Å². The molecule has 0 unspecified atom stereocenters. The first-order chi connectivity index (χ1) is 12.7. The molecule has 0 bridgehead atoms. The quantitative estimate of drug-likeness (QED) is 0.451. The summed E-state index contributed by atoms with van der Waals surface area (Å²) < 4.78 is 8.37. The lowest BCUT2D eigenvalue weighted by atomic mass is 9.80. The summed E-state index contributed by atoms with van der Waals surface area (Å²) in [7, 11) is 1.73. The molecule has 27 heavy (non-hydrogen) atoms. The molecule has 2 nitrogen and oxygen atoms in total. The lowest BCUT2D eigenvalue weighted by Crippen LogP contribution is -2.49. The fourth-order valence-electron chi connectivity index (χ4n) is 3.04. The minimum Gasteiger partial charge on any atom is -0.427 e. The van der Waals surface area contributed by atoms with Crippen molar-refractivity contribution < 1.29 is 9.76 Å². The highest BCUT2D eigenvalue weighted by atomic mass is 35.5. The van der Waals surface area contributed by atoms with Gasteiger partial charge in [-0.05, 0) is 73.6 Å². The maximum Gasteiger partial charge on any atom is 0.331 e. The van der Waals surface area contributed by atoms with Gasteiger partial charge in [0.2, 0.25) is 0 Å². The molecule has 1 heterocycles. The van der Waals surface area contributed by atoms with Crippen molar-refractivity contribution in [3.8, 4) is 0 Å².